The van der Waals surface area contributed by atoms with Gasteiger partial charge in [0.2, 0.25) is 0 Å². The molecule has 0 radical (unpaired) electrons. The zero-order valence-corrected chi connectivity index (χ0v) is 7.38. The topological polar surface area (TPSA) is 40.5 Å². The van der Waals surface area contributed by atoms with E-state index in [1.165, 1.54) is 0 Å². The minimum absolute atomic E-state index is 0.261. The van der Waals surface area contributed by atoms with E-state index >= 15 is 0 Å². The van der Waals surface area contributed by atoms with Crippen LogP contribution in [0.25, 0.3) is 0 Å². The van der Waals surface area contributed by atoms with Gasteiger partial charge < -0.3 is 5.11 Å². The maximum Gasteiger partial charge on any atom is 0.306 e. The summed E-state index contributed by atoms with van der Waals surface area (Å²) in [7, 11) is 0. The van der Waals surface area contributed by atoms with E-state index in [1.807, 2.05) is 18.7 Å². The minimum Gasteiger partial charge on any atom is -0.481 e. The fraction of sp³-hybridized carbons (Fsp3) is 0.875. The Balaban J connectivity index is 2.35. The van der Waals surface area contributed by atoms with Crippen LogP contribution in [-0.4, -0.2) is 40.8 Å². The molecule has 1 rings (SSSR count). The van der Waals surface area contributed by atoms with Gasteiger partial charge in [0.05, 0.1) is 6.42 Å². The predicted molar refractivity (Wildman–Crippen MR) is 42.8 cm³/mol. The van der Waals surface area contributed by atoms with Crippen LogP contribution in [0.4, 0.5) is 4.39 Å². The highest BCUT2D eigenvalue weighted by Gasteiger charge is 2.45. The number of carboxylic acids is 1. The molecule has 1 aliphatic rings. The number of carboxylic acid groups (broad SMARTS) is 1. The highest BCUT2D eigenvalue weighted by atomic mass is 19.1. The van der Waals surface area contributed by atoms with Crippen molar-refractivity contribution in [1.29, 1.82) is 0 Å². The van der Waals surface area contributed by atoms with Crippen molar-refractivity contribution in [1.82, 2.24) is 4.90 Å². The van der Waals surface area contributed by atoms with Crippen molar-refractivity contribution in [2.75, 3.05) is 13.1 Å². The lowest BCUT2D eigenvalue weighted by Crippen LogP contribution is -2.61. The van der Waals surface area contributed by atoms with Crippen molar-refractivity contribution in [3.05, 3.63) is 0 Å². The Morgan fingerprint density at radius 1 is 1.67 bits per heavy atom. The monoisotopic (exact) mass is 175 g/mol. The van der Waals surface area contributed by atoms with Gasteiger partial charge in [0.25, 0.3) is 0 Å². The predicted octanol–water partition coefficient (Wildman–Crippen LogP) is 0.893. The van der Waals surface area contributed by atoms with E-state index in [0.717, 1.165) is 0 Å². The molecule has 1 saturated heterocycles. The number of hydrogen-bond acceptors (Lipinski definition) is 2. The first-order chi connectivity index (χ1) is 5.43. The van der Waals surface area contributed by atoms with Gasteiger partial charge in [-0.05, 0) is 13.8 Å². The first-order valence-electron chi connectivity index (χ1n) is 4.08. The largest absolute Gasteiger partial charge is 0.481 e. The third kappa shape index (κ3) is 1.94. The van der Waals surface area contributed by atoms with Gasteiger partial charge in [-0.1, -0.05) is 0 Å². The Kier molecular flexibility index (Phi) is 2.37. The summed E-state index contributed by atoms with van der Waals surface area (Å²) in [6.07, 6.45) is -0.365. The molecule has 0 aliphatic carbocycles. The molecule has 0 bridgehead atoms. The summed E-state index contributed by atoms with van der Waals surface area (Å²) < 4.78 is 13.3. The van der Waals surface area contributed by atoms with Crippen LogP contribution in [-0.2, 0) is 4.79 Å². The van der Waals surface area contributed by atoms with Gasteiger partial charge in [0.15, 0.2) is 0 Å². The summed E-state index contributed by atoms with van der Waals surface area (Å²) in [6, 6.07) is 0.308. The molecule has 4 heteroatoms. The van der Waals surface area contributed by atoms with Gasteiger partial charge in [-0.15, -0.1) is 0 Å². The SMILES string of the molecule is CC(C)N1CC(F)(CC(=O)O)C1. The molecule has 0 aromatic heterocycles. The van der Waals surface area contributed by atoms with Crippen LogP contribution in [0.5, 0.6) is 0 Å². The number of hydrogen-bond donors (Lipinski definition) is 1. The Hall–Kier alpha value is -0.640. The summed E-state index contributed by atoms with van der Waals surface area (Å²) in [4.78, 5) is 12.1. The summed E-state index contributed by atoms with van der Waals surface area (Å²) in [5.41, 5.74) is -1.48. The Morgan fingerprint density at radius 2 is 2.17 bits per heavy atom. The van der Waals surface area contributed by atoms with Crippen molar-refractivity contribution in [3.8, 4) is 0 Å². The molecule has 70 valence electrons. The number of alkyl halides is 1. The van der Waals surface area contributed by atoms with Crippen LogP contribution < -0.4 is 0 Å². The minimum atomic E-state index is -1.48. The molecule has 0 amide bonds. The smallest absolute Gasteiger partial charge is 0.306 e. The van der Waals surface area contributed by atoms with E-state index < -0.39 is 11.6 Å². The average molecular weight is 175 g/mol. The molecular formula is C8H14FNO2. The summed E-state index contributed by atoms with van der Waals surface area (Å²) in [6.45, 7) is 4.47. The fourth-order valence-electron chi connectivity index (χ4n) is 1.43. The maximum atomic E-state index is 13.3. The lowest BCUT2D eigenvalue weighted by atomic mass is 9.91. The van der Waals surface area contributed by atoms with E-state index in [0.29, 0.717) is 6.04 Å². The quantitative estimate of drug-likeness (QED) is 0.692. The average Bonchev–Trinajstić information content (AvgIpc) is 1.80. The number of nitrogens with zero attached hydrogens (tertiary/aromatic N) is 1. The van der Waals surface area contributed by atoms with Crippen molar-refractivity contribution in [2.45, 2.75) is 32.0 Å². The summed E-state index contributed by atoms with van der Waals surface area (Å²) >= 11 is 0. The van der Waals surface area contributed by atoms with Gasteiger partial charge in [0.1, 0.15) is 5.67 Å². The van der Waals surface area contributed by atoms with Gasteiger partial charge in [-0.3, -0.25) is 9.69 Å². The lowest BCUT2D eigenvalue weighted by molar-refractivity contribution is -0.145. The maximum absolute atomic E-state index is 13.3. The Morgan fingerprint density at radius 3 is 2.50 bits per heavy atom. The number of aliphatic carboxylic acids is 1. The molecule has 12 heavy (non-hydrogen) atoms. The Labute approximate surface area is 71.2 Å². The second-order valence-corrected chi connectivity index (χ2v) is 3.72. The highest BCUT2D eigenvalue weighted by molar-refractivity contribution is 5.68. The first-order valence-corrected chi connectivity index (χ1v) is 4.08. The number of carbonyl (C=O) groups is 1. The number of likely N-dealkylation sites (tertiary alicyclic amines) is 1. The molecule has 0 aromatic carbocycles. The molecule has 1 aliphatic heterocycles. The molecule has 0 spiro atoms. The lowest BCUT2D eigenvalue weighted by Gasteiger charge is -2.46. The van der Waals surface area contributed by atoms with Crippen LogP contribution in [0.2, 0.25) is 0 Å². The molecule has 1 heterocycles. The molecule has 0 unspecified atom stereocenters. The van der Waals surface area contributed by atoms with Crippen LogP contribution >= 0.6 is 0 Å². The first kappa shape index (κ1) is 9.45. The zero-order chi connectivity index (χ0) is 9.35. The molecule has 1 N–H and O–H groups in total. The van der Waals surface area contributed by atoms with Gasteiger partial charge in [-0.25, -0.2) is 4.39 Å². The molecule has 0 saturated carbocycles. The molecule has 1 fully saturated rings. The van der Waals surface area contributed by atoms with Crippen molar-refractivity contribution in [3.63, 3.8) is 0 Å². The summed E-state index contributed by atoms with van der Waals surface area (Å²) in [5.74, 6) is -1.05. The third-order valence-electron chi connectivity index (χ3n) is 2.17. The van der Waals surface area contributed by atoms with Gasteiger partial charge in [0, 0.05) is 19.1 Å². The van der Waals surface area contributed by atoms with E-state index in [-0.39, 0.29) is 19.5 Å². The van der Waals surface area contributed by atoms with E-state index in [1.54, 1.807) is 0 Å². The van der Waals surface area contributed by atoms with Crippen molar-refractivity contribution >= 4 is 5.97 Å². The van der Waals surface area contributed by atoms with Gasteiger partial charge >= 0.3 is 5.97 Å². The standard InChI is InChI=1S/C8H14FNO2/c1-6(2)10-4-8(9,5-10)3-7(11)12/h6H,3-5H2,1-2H3,(H,11,12). The summed E-state index contributed by atoms with van der Waals surface area (Å²) in [5, 5.41) is 8.38. The Bertz CT molecular complexity index is 187. The molecule has 0 aromatic rings. The van der Waals surface area contributed by atoms with Crippen LogP contribution in [0, 0.1) is 0 Å². The zero-order valence-electron chi connectivity index (χ0n) is 7.38. The molecule has 0 atom stereocenters. The number of halogens is 1. The van der Waals surface area contributed by atoms with E-state index in [9.17, 15) is 9.18 Å². The molecule has 3 nitrogen and oxygen atoms in total. The van der Waals surface area contributed by atoms with E-state index in [2.05, 4.69) is 0 Å². The van der Waals surface area contributed by atoms with E-state index in [4.69, 9.17) is 5.11 Å². The van der Waals surface area contributed by atoms with Crippen molar-refractivity contribution in [2.24, 2.45) is 0 Å². The fourth-order valence-corrected chi connectivity index (χ4v) is 1.43. The highest BCUT2D eigenvalue weighted by Crippen LogP contribution is 2.30. The van der Waals surface area contributed by atoms with Crippen molar-refractivity contribution < 1.29 is 14.3 Å². The van der Waals surface area contributed by atoms with Crippen LogP contribution in [0.1, 0.15) is 20.3 Å². The third-order valence-corrected chi connectivity index (χ3v) is 2.17. The number of rotatable bonds is 3. The van der Waals surface area contributed by atoms with Gasteiger partial charge in [-0.2, -0.15) is 0 Å². The second kappa shape index (κ2) is 3.01. The second-order valence-electron chi connectivity index (χ2n) is 3.72. The molecular weight excluding hydrogens is 161 g/mol. The normalized spacial score (nSPS) is 22.3. The van der Waals surface area contributed by atoms with Crippen LogP contribution in [0.3, 0.4) is 0 Å². The van der Waals surface area contributed by atoms with Crippen LogP contribution in [0.15, 0.2) is 0 Å².